The molecule has 4 aliphatic heterocycles. The van der Waals surface area contributed by atoms with Crippen molar-refractivity contribution in [3.05, 3.63) is 101 Å². The van der Waals surface area contributed by atoms with Crippen molar-refractivity contribution < 1.29 is 33.8 Å². The number of allylic oxidation sites excluding steroid dienone is 1. The van der Waals surface area contributed by atoms with Gasteiger partial charge in [0.1, 0.15) is 29.8 Å². The van der Waals surface area contributed by atoms with Crippen LogP contribution < -0.4 is 10.2 Å². The van der Waals surface area contributed by atoms with Crippen LogP contribution in [0.5, 0.6) is 0 Å². The van der Waals surface area contributed by atoms with Crippen molar-refractivity contribution in [2.24, 2.45) is 11.8 Å². The number of ether oxygens (including phenoxy) is 2. The number of anilines is 1. The van der Waals surface area contributed by atoms with Crippen molar-refractivity contribution in [1.82, 2.24) is 10.2 Å². The van der Waals surface area contributed by atoms with E-state index in [0.29, 0.717) is 22.2 Å². The standard InChI is InChI=1S/C37H36BrN3O7/c38-27-21-37-31-30(32(27)48-37)36(46)47-28(24-11-3-1-4-12-24)22-39-29(43)14-5-2-8-17-40(26-16-15-23-10-6-7-13-25(23)20-26)35(45)33(37)41(34(31)44)18-9-19-42/h1-4,6-8,10-13,15-16,20-21,28,30-33,42H,5,9,14,17-19,22H2,(H,39,43)/b8-2-/t28-,30-,31+,32-,33-,37+/m0/s1. The Morgan fingerprint density at radius 2 is 1.71 bits per heavy atom. The van der Waals surface area contributed by atoms with Gasteiger partial charge in [0.15, 0.2) is 0 Å². The third kappa shape index (κ3) is 5.63. The largest absolute Gasteiger partial charge is 0.455 e. The fraction of sp³-hybridized carbons (Fsp3) is 0.351. The van der Waals surface area contributed by atoms with Crippen LogP contribution >= 0.6 is 15.9 Å². The number of hydrogen-bond donors (Lipinski definition) is 2. The van der Waals surface area contributed by atoms with Crippen LogP contribution in [-0.2, 0) is 28.7 Å². The molecule has 3 aromatic carbocycles. The van der Waals surface area contributed by atoms with Crippen LogP contribution in [0.4, 0.5) is 5.69 Å². The van der Waals surface area contributed by atoms with E-state index in [-0.39, 0.29) is 50.9 Å². The second-order valence-electron chi connectivity index (χ2n) is 12.6. The number of nitrogens with zero attached hydrogens (tertiary/aromatic N) is 2. The van der Waals surface area contributed by atoms with Crippen LogP contribution in [0.2, 0.25) is 0 Å². The molecule has 4 aliphatic rings. The number of aliphatic hydroxyl groups is 1. The number of esters is 1. The first-order chi connectivity index (χ1) is 23.3. The Morgan fingerprint density at radius 3 is 2.50 bits per heavy atom. The maximum absolute atomic E-state index is 15.0. The van der Waals surface area contributed by atoms with E-state index >= 15 is 0 Å². The molecule has 0 aromatic heterocycles. The minimum atomic E-state index is -1.44. The summed E-state index contributed by atoms with van der Waals surface area (Å²) < 4.78 is 13.3. The third-order valence-corrected chi connectivity index (χ3v) is 10.4. The molecule has 3 aromatic rings. The van der Waals surface area contributed by atoms with Crippen molar-refractivity contribution >= 4 is 56.1 Å². The molecule has 4 heterocycles. The maximum atomic E-state index is 15.0. The van der Waals surface area contributed by atoms with E-state index in [1.165, 1.54) is 4.90 Å². The summed E-state index contributed by atoms with van der Waals surface area (Å²) in [6.45, 7) is 0.147. The molecule has 2 fully saturated rings. The van der Waals surface area contributed by atoms with Crippen molar-refractivity contribution in [3.63, 3.8) is 0 Å². The molecule has 1 spiro atoms. The lowest BCUT2D eigenvalue weighted by atomic mass is 9.74. The molecular weight excluding hydrogens is 678 g/mol. The Labute approximate surface area is 286 Å². The Kier molecular flexibility index (Phi) is 8.93. The van der Waals surface area contributed by atoms with Crippen LogP contribution in [0.15, 0.2) is 95.5 Å². The van der Waals surface area contributed by atoms with Gasteiger partial charge in [-0.3, -0.25) is 19.2 Å². The van der Waals surface area contributed by atoms with Gasteiger partial charge in [-0.15, -0.1) is 0 Å². The van der Waals surface area contributed by atoms with E-state index in [1.807, 2.05) is 84.9 Å². The number of benzene rings is 3. The summed E-state index contributed by atoms with van der Waals surface area (Å²) in [7, 11) is 0. The first-order valence-corrected chi connectivity index (χ1v) is 17.1. The molecule has 0 saturated carbocycles. The van der Waals surface area contributed by atoms with Gasteiger partial charge in [-0.05, 0) is 47.4 Å². The lowest BCUT2D eigenvalue weighted by molar-refractivity contribution is -0.159. The van der Waals surface area contributed by atoms with Gasteiger partial charge in [0.05, 0.1) is 12.5 Å². The quantitative estimate of drug-likeness (QED) is 0.300. The lowest BCUT2D eigenvalue weighted by Gasteiger charge is -2.36. The molecule has 2 saturated heterocycles. The molecule has 0 radical (unpaired) electrons. The predicted octanol–water partition coefficient (Wildman–Crippen LogP) is 4.18. The molecule has 3 amide bonds. The van der Waals surface area contributed by atoms with Gasteiger partial charge < -0.3 is 29.7 Å². The number of likely N-dealkylation sites (tertiary alicyclic amines) is 1. The average Bonchev–Trinajstić information content (AvgIpc) is 3.69. The van der Waals surface area contributed by atoms with E-state index in [4.69, 9.17) is 9.47 Å². The number of fused-ring (bicyclic) bond motifs is 3. The molecule has 48 heavy (non-hydrogen) atoms. The minimum Gasteiger partial charge on any atom is -0.455 e. The smallest absolute Gasteiger partial charge is 0.313 e. The van der Waals surface area contributed by atoms with Crippen LogP contribution in [-0.4, -0.2) is 77.7 Å². The molecule has 11 heteroatoms. The number of amides is 3. The molecule has 10 nitrogen and oxygen atoms in total. The molecule has 0 unspecified atom stereocenters. The number of cyclic esters (lactones) is 1. The summed E-state index contributed by atoms with van der Waals surface area (Å²) in [5.41, 5.74) is -0.121. The number of hydrogen-bond acceptors (Lipinski definition) is 7. The van der Waals surface area contributed by atoms with E-state index in [0.717, 1.165) is 10.8 Å². The first kappa shape index (κ1) is 32.2. The maximum Gasteiger partial charge on any atom is 0.313 e. The highest BCUT2D eigenvalue weighted by Crippen LogP contribution is 2.59. The molecule has 5 bridgehead atoms. The molecule has 6 atom stereocenters. The molecular formula is C37H36BrN3O7. The summed E-state index contributed by atoms with van der Waals surface area (Å²) in [5, 5.41) is 14.6. The Morgan fingerprint density at radius 1 is 0.938 bits per heavy atom. The summed E-state index contributed by atoms with van der Waals surface area (Å²) in [6, 6.07) is 21.6. The number of nitrogens with one attached hydrogen (secondary N) is 1. The summed E-state index contributed by atoms with van der Waals surface area (Å²) >= 11 is 3.59. The summed E-state index contributed by atoms with van der Waals surface area (Å²) in [5.74, 6) is -3.70. The highest BCUT2D eigenvalue weighted by molar-refractivity contribution is 9.11. The fourth-order valence-corrected chi connectivity index (χ4v) is 8.22. The SMILES string of the molecule is O=C1CC/C=C\CN(c2ccc3ccccc3c2)C(=O)[C@@H]2N(CCCO)C(=O)[C@H]3[C@H](C(=O)O[C@H](c4ccccc4)CN1)[C@H]1O[C@@]23C=C1Br. The monoisotopic (exact) mass is 713 g/mol. The lowest BCUT2D eigenvalue weighted by Crippen LogP contribution is -2.56. The minimum absolute atomic E-state index is 0.0524. The molecule has 2 N–H and O–H groups in total. The highest BCUT2D eigenvalue weighted by atomic mass is 79.9. The summed E-state index contributed by atoms with van der Waals surface area (Å²) in [6.07, 6.45) is 4.72. The van der Waals surface area contributed by atoms with Crippen molar-refractivity contribution in [2.45, 2.75) is 43.1 Å². The second-order valence-corrected chi connectivity index (χ2v) is 13.5. The number of rotatable bonds is 5. The van der Waals surface area contributed by atoms with E-state index in [1.54, 1.807) is 11.0 Å². The van der Waals surface area contributed by atoms with Crippen molar-refractivity contribution in [1.29, 1.82) is 0 Å². The van der Waals surface area contributed by atoms with Crippen LogP contribution in [0, 0.1) is 11.8 Å². The van der Waals surface area contributed by atoms with Gasteiger partial charge in [0, 0.05) is 36.3 Å². The Hall–Kier alpha value is -4.32. The number of aliphatic hydroxyl groups excluding tert-OH is 1. The van der Waals surface area contributed by atoms with Gasteiger partial charge in [-0.2, -0.15) is 0 Å². The zero-order chi connectivity index (χ0) is 33.4. The number of carbonyl (C=O) groups excluding carboxylic acids is 4. The molecule has 0 aliphatic carbocycles. The van der Waals surface area contributed by atoms with Crippen LogP contribution in [0.25, 0.3) is 10.8 Å². The van der Waals surface area contributed by atoms with Gasteiger partial charge in [-0.25, -0.2) is 0 Å². The number of carbonyl (C=O) groups is 4. The van der Waals surface area contributed by atoms with Gasteiger partial charge in [0.2, 0.25) is 11.8 Å². The fourth-order valence-electron chi connectivity index (χ4n) is 7.48. The van der Waals surface area contributed by atoms with Crippen LogP contribution in [0.3, 0.4) is 0 Å². The van der Waals surface area contributed by atoms with Gasteiger partial charge >= 0.3 is 5.97 Å². The Bertz CT molecular complexity index is 1810. The van der Waals surface area contributed by atoms with E-state index < -0.39 is 47.6 Å². The van der Waals surface area contributed by atoms with E-state index in [9.17, 15) is 24.3 Å². The Balaban J connectivity index is 1.33. The van der Waals surface area contributed by atoms with Crippen LogP contribution in [0.1, 0.15) is 30.9 Å². The molecule has 7 rings (SSSR count). The zero-order valence-electron chi connectivity index (χ0n) is 26.2. The average molecular weight is 715 g/mol. The van der Waals surface area contributed by atoms with Crippen molar-refractivity contribution in [3.8, 4) is 0 Å². The predicted molar refractivity (Wildman–Crippen MR) is 182 cm³/mol. The zero-order valence-corrected chi connectivity index (χ0v) is 27.8. The number of halogens is 1. The van der Waals surface area contributed by atoms with E-state index in [2.05, 4.69) is 21.2 Å². The third-order valence-electron chi connectivity index (χ3n) is 9.71. The van der Waals surface area contributed by atoms with Crippen molar-refractivity contribution in [2.75, 3.05) is 31.1 Å². The summed E-state index contributed by atoms with van der Waals surface area (Å²) in [4.78, 5) is 59.5. The highest BCUT2D eigenvalue weighted by Gasteiger charge is 2.75. The normalized spacial score (nSPS) is 29.9. The first-order valence-electron chi connectivity index (χ1n) is 16.3. The van der Waals surface area contributed by atoms with Gasteiger partial charge in [0.25, 0.3) is 5.91 Å². The van der Waals surface area contributed by atoms with Gasteiger partial charge in [-0.1, -0.05) is 88.7 Å². The molecule has 248 valence electrons. The topological polar surface area (TPSA) is 125 Å². The second kappa shape index (κ2) is 13.3.